The first-order chi connectivity index (χ1) is 15.9. The Morgan fingerprint density at radius 1 is 0.853 bits per heavy atom. The Balaban J connectivity index is 1.95. The molecule has 8 heteroatoms. The molecule has 1 aliphatic carbocycles. The van der Waals surface area contributed by atoms with Crippen LogP contribution in [0, 0.1) is 0 Å². The Morgan fingerprint density at radius 2 is 1.50 bits per heavy atom. The van der Waals surface area contributed by atoms with E-state index in [1.54, 1.807) is 0 Å². The number of hydrogen-bond donors (Lipinski definition) is 0. The van der Waals surface area contributed by atoms with Crippen LogP contribution >= 0.6 is 0 Å². The van der Waals surface area contributed by atoms with Crippen molar-refractivity contribution >= 4 is 31.0 Å². The smallest absolute Gasteiger partial charge is 0.339 e. The molecule has 0 saturated carbocycles. The van der Waals surface area contributed by atoms with Gasteiger partial charge in [-0.15, -0.1) is 0 Å². The Morgan fingerprint density at radius 3 is 2.12 bits per heavy atom. The largest absolute Gasteiger partial charge is 0.744 e. The topological polar surface area (TPSA) is 101 Å². The molecule has 0 fully saturated rings. The normalized spacial score (nSPS) is 14.6. The lowest BCUT2D eigenvalue weighted by Gasteiger charge is -2.25. The van der Waals surface area contributed by atoms with E-state index in [1.807, 2.05) is 58.0 Å². The van der Waals surface area contributed by atoms with Crippen LogP contribution in [0.3, 0.4) is 0 Å². The monoisotopic (exact) mass is 501 g/mol. The van der Waals surface area contributed by atoms with E-state index in [9.17, 15) is 21.4 Å². The highest BCUT2D eigenvalue weighted by Gasteiger charge is 2.31. The fraction of sp³-hybridized carbons (Fsp3) is 0.385. The van der Waals surface area contributed by atoms with E-state index >= 15 is 0 Å². The summed E-state index contributed by atoms with van der Waals surface area (Å²) in [6.45, 7) is 7.81. The van der Waals surface area contributed by atoms with Gasteiger partial charge in [0.05, 0.1) is 4.90 Å². The molecule has 0 unspecified atom stereocenters. The van der Waals surface area contributed by atoms with Crippen molar-refractivity contribution in [1.82, 2.24) is 0 Å². The minimum atomic E-state index is -4.67. The van der Waals surface area contributed by atoms with Gasteiger partial charge >= 0.3 is 10.1 Å². The Bertz CT molecular complexity index is 1470. The van der Waals surface area contributed by atoms with Crippen LogP contribution in [-0.4, -0.2) is 21.4 Å². The molecule has 0 saturated heterocycles. The molecule has 34 heavy (non-hydrogen) atoms. The van der Waals surface area contributed by atoms with Gasteiger partial charge in [-0.1, -0.05) is 52.0 Å². The second kappa shape index (κ2) is 8.98. The summed E-state index contributed by atoms with van der Waals surface area (Å²) < 4.78 is 68.8. The van der Waals surface area contributed by atoms with Gasteiger partial charge in [-0.05, 0) is 83.2 Å². The summed E-state index contributed by atoms with van der Waals surface area (Å²) in [5.41, 5.74) is 2.25. The maximum atomic E-state index is 13.9. The standard InChI is InChI=1S/C26H30O6S2/c1-16(2)22-15-18-9-5-6-10-19(18)25(17(3)4)26(22)34(30,31)32-23-13-14-24(33(27,28)29)21-12-8-7-11-20(21)23/h5-6,9-10,13-17H,7-8,11-12H2,1-4H3,(H,27,28,29)/p-1. The molecule has 0 aliphatic heterocycles. The predicted octanol–water partition coefficient (Wildman–Crippen LogP) is 5.64. The highest BCUT2D eigenvalue weighted by molar-refractivity contribution is 7.87. The van der Waals surface area contributed by atoms with Crippen LogP contribution in [-0.2, 0) is 33.1 Å². The van der Waals surface area contributed by atoms with Crippen molar-refractivity contribution in [1.29, 1.82) is 0 Å². The molecule has 0 heterocycles. The van der Waals surface area contributed by atoms with Gasteiger partial charge in [0.1, 0.15) is 20.8 Å². The van der Waals surface area contributed by atoms with Crippen LogP contribution in [0.15, 0.2) is 52.3 Å². The molecule has 0 atom stereocenters. The summed E-state index contributed by atoms with van der Waals surface area (Å²) in [5, 5.41) is 1.83. The van der Waals surface area contributed by atoms with Crippen molar-refractivity contribution in [2.45, 2.75) is 75.0 Å². The van der Waals surface area contributed by atoms with Crippen LogP contribution < -0.4 is 4.18 Å². The van der Waals surface area contributed by atoms with E-state index < -0.39 is 20.2 Å². The highest BCUT2D eigenvalue weighted by atomic mass is 32.2. The Kier molecular flexibility index (Phi) is 6.52. The molecule has 4 rings (SSSR count). The minimum Gasteiger partial charge on any atom is -0.744 e. The molecule has 3 aromatic carbocycles. The summed E-state index contributed by atoms with van der Waals surface area (Å²) in [7, 11) is -8.94. The first-order valence-corrected chi connectivity index (χ1v) is 14.3. The van der Waals surface area contributed by atoms with Crippen LogP contribution in [0.4, 0.5) is 0 Å². The number of hydrogen-bond acceptors (Lipinski definition) is 6. The maximum Gasteiger partial charge on any atom is 0.339 e. The molecule has 0 spiro atoms. The molecule has 6 nitrogen and oxygen atoms in total. The van der Waals surface area contributed by atoms with Crippen LogP contribution in [0.25, 0.3) is 10.8 Å². The first kappa shape index (κ1) is 24.7. The number of rotatable bonds is 6. The summed E-state index contributed by atoms with van der Waals surface area (Å²) in [6.07, 6.45) is 2.34. The van der Waals surface area contributed by atoms with Gasteiger partial charge < -0.3 is 8.74 Å². The van der Waals surface area contributed by atoms with Gasteiger partial charge in [0, 0.05) is 5.56 Å². The SMILES string of the molecule is CC(C)c1cc2ccccc2c(C(C)C)c1S(=O)(=O)Oc1ccc(S(=O)(=O)[O-])c2c1CCCC2. The minimum absolute atomic E-state index is 0.0719. The van der Waals surface area contributed by atoms with Crippen molar-refractivity contribution in [3.05, 3.63) is 64.7 Å². The molecule has 0 amide bonds. The molecule has 182 valence electrons. The lowest BCUT2D eigenvalue weighted by atomic mass is 9.90. The van der Waals surface area contributed by atoms with Crippen molar-refractivity contribution in [2.75, 3.05) is 0 Å². The fourth-order valence-corrected chi connectivity index (χ4v) is 7.37. The van der Waals surface area contributed by atoms with E-state index in [1.165, 1.54) is 12.1 Å². The van der Waals surface area contributed by atoms with Crippen LogP contribution in [0.1, 0.15) is 74.6 Å². The van der Waals surface area contributed by atoms with E-state index in [2.05, 4.69) is 0 Å². The fourth-order valence-electron chi connectivity index (χ4n) is 4.93. The van der Waals surface area contributed by atoms with Crippen molar-refractivity contribution in [3.8, 4) is 5.75 Å². The summed E-state index contributed by atoms with van der Waals surface area (Å²) in [6, 6.07) is 12.1. The average Bonchev–Trinajstić information content (AvgIpc) is 2.76. The van der Waals surface area contributed by atoms with Gasteiger partial charge in [-0.3, -0.25) is 0 Å². The van der Waals surface area contributed by atoms with Gasteiger partial charge in [-0.25, -0.2) is 8.42 Å². The molecule has 0 aromatic heterocycles. The quantitative estimate of drug-likeness (QED) is 0.320. The summed E-state index contributed by atoms with van der Waals surface area (Å²) >= 11 is 0. The maximum absolute atomic E-state index is 13.9. The van der Waals surface area contributed by atoms with E-state index in [0.29, 0.717) is 35.1 Å². The number of fused-ring (bicyclic) bond motifs is 2. The third-order valence-corrected chi connectivity index (χ3v) is 8.71. The van der Waals surface area contributed by atoms with Crippen molar-refractivity contribution in [3.63, 3.8) is 0 Å². The molecular weight excluding hydrogens is 472 g/mol. The number of benzene rings is 3. The van der Waals surface area contributed by atoms with E-state index in [4.69, 9.17) is 4.18 Å². The van der Waals surface area contributed by atoms with E-state index in [0.717, 1.165) is 23.6 Å². The van der Waals surface area contributed by atoms with Gasteiger partial charge in [-0.2, -0.15) is 8.42 Å². The average molecular weight is 502 g/mol. The lowest BCUT2D eigenvalue weighted by Crippen LogP contribution is -2.19. The molecule has 0 bridgehead atoms. The van der Waals surface area contributed by atoms with Crippen molar-refractivity contribution < 1.29 is 25.6 Å². The van der Waals surface area contributed by atoms with Crippen molar-refractivity contribution in [2.24, 2.45) is 0 Å². The zero-order valence-electron chi connectivity index (χ0n) is 19.8. The molecule has 0 radical (unpaired) electrons. The third-order valence-electron chi connectivity index (χ3n) is 6.44. The second-order valence-electron chi connectivity index (χ2n) is 9.46. The Hall–Kier alpha value is -2.42. The Labute approximate surface area is 201 Å². The second-order valence-corrected chi connectivity index (χ2v) is 12.3. The zero-order chi connectivity index (χ0) is 24.8. The highest BCUT2D eigenvalue weighted by Crippen LogP contribution is 2.41. The van der Waals surface area contributed by atoms with Crippen LogP contribution in [0.2, 0.25) is 0 Å². The first-order valence-electron chi connectivity index (χ1n) is 11.5. The summed E-state index contributed by atoms with van der Waals surface area (Å²) in [4.78, 5) is -0.121. The summed E-state index contributed by atoms with van der Waals surface area (Å²) in [5.74, 6) is -0.0593. The predicted molar refractivity (Wildman–Crippen MR) is 131 cm³/mol. The van der Waals surface area contributed by atoms with E-state index in [-0.39, 0.29) is 27.4 Å². The molecule has 3 aromatic rings. The lowest BCUT2D eigenvalue weighted by molar-refractivity contribution is 0.459. The molecule has 1 aliphatic rings. The van der Waals surface area contributed by atoms with Gasteiger partial charge in [0.2, 0.25) is 0 Å². The van der Waals surface area contributed by atoms with Crippen LogP contribution in [0.5, 0.6) is 5.75 Å². The van der Waals surface area contributed by atoms with Gasteiger partial charge in [0.25, 0.3) is 0 Å². The molecule has 0 N–H and O–H groups in total. The van der Waals surface area contributed by atoms with Gasteiger partial charge in [0.15, 0.2) is 0 Å². The third kappa shape index (κ3) is 4.46. The zero-order valence-corrected chi connectivity index (χ0v) is 21.4. The molecular formula is C26H29O6S2-.